The molecule has 1 amide bonds. The van der Waals surface area contributed by atoms with E-state index in [9.17, 15) is 4.79 Å². The standard InChI is InChI=1S/C22H26ClN3O/c1-5-25(6-2)18-11-9-17(10-12-18)24-22(27)21-15(4)19-14-16(23)8-13-20(19)26(21)7-3/h8-14H,5-7H2,1-4H3,(H,24,27). The van der Waals surface area contributed by atoms with Gasteiger partial charge in [-0.3, -0.25) is 4.79 Å². The summed E-state index contributed by atoms with van der Waals surface area (Å²) in [5, 5.41) is 4.74. The van der Waals surface area contributed by atoms with Crippen molar-refractivity contribution in [2.45, 2.75) is 34.2 Å². The molecule has 0 aliphatic heterocycles. The number of amides is 1. The van der Waals surface area contributed by atoms with Crippen LogP contribution >= 0.6 is 11.6 Å². The predicted octanol–water partition coefficient (Wildman–Crippen LogP) is 5.72. The van der Waals surface area contributed by atoms with Crippen LogP contribution in [-0.2, 0) is 6.54 Å². The van der Waals surface area contributed by atoms with Gasteiger partial charge in [-0.25, -0.2) is 0 Å². The van der Waals surface area contributed by atoms with Gasteiger partial charge in [0.25, 0.3) is 5.91 Å². The molecule has 0 saturated carbocycles. The Hall–Kier alpha value is -2.46. The molecule has 2 aromatic carbocycles. The second kappa shape index (κ2) is 8.05. The lowest BCUT2D eigenvalue weighted by Crippen LogP contribution is -2.21. The third kappa shape index (κ3) is 3.67. The fourth-order valence-corrected chi connectivity index (χ4v) is 3.82. The quantitative estimate of drug-likeness (QED) is 0.590. The molecule has 0 bridgehead atoms. The number of rotatable bonds is 6. The predicted molar refractivity (Wildman–Crippen MR) is 115 cm³/mol. The summed E-state index contributed by atoms with van der Waals surface area (Å²) in [5.41, 5.74) is 4.61. The molecule has 0 aliphatic rings. The Kier molecular flexibility index (Phi) is 5.76. The molecule has 0 atom stereocenters. The molecule has 1 aromatic heterocycles. The van der Waals surface area contributed by atoms with Gasteiger partial charge >= 0.3 is 0 Å². The SMILES string of the molecule is CCN(CC)c1ccc(NC(=O)c2c(C)c3cc(Cl)ccc3n2CC)cc1. The summed E-state index contributed by atoms with van der Waals surface area (Å²) in [5.74, 6) is -0.0998. The Morgan fingerprint density at radius 1 is 1.07 bits per heavy atom. The Morgan fingerprint density at radius 3 is 2.33 bits per heavy atom. The highest BCUT2D eigenvalue weighted by atomic mass is 35.5. The molecule has 0 saturated heterocycles. The van der Waals surface area contributed by atoms with E-state index in [1.165, 1.54) is 0 Å². The largest absolute Gasteiger partial charge is 0.372 e. The third-order valence-electron chi connectivity index (χ3n) is 5.06. The molecular formula is C22H26ClN3O. The number of aromatic nitrogens is 1. The molecule has 1 heterocycles. The first-order valence-corrected chi connectivity index (χ1v) is 9.82. The van der Waals surface area contributed by atoms with E-state index in [2.05, 4.69) is 24.1 Å². The zero-order chi connectivity index (χ0) is 19.6. The van der Waals surface area contributed by atoms with Crippen LogP contribution in [0.2, 0.25) is 5.02 Å². The molecule has 3 rings (SSSR count). The van der Waals surface area contributed by atoms with Gasteiger partial charge in [0.1, 0.15) is 5.69 Å². The lowest BCUT2D eigenvalue weighted by atomic mass is 10.1. The van der Waals surface area contributed by atoms with Crippen molar-refractivity contribution in [1.29, 1.82) is 0 Å². The van der Waals surface area contributed by atoms with Crippen LogP contribution in [-0.4, -0.2) is 23.6 Å². The van der Waals surface area contributed by atoms with Gasteiger partial charge in [0.2, 0.25) is 0 Å². The summed E-state index contributed by atoms with van der Waals surface area (Å²) in [7, 11) is 0. The smallest absolute Gasteiger partial charge is 0.272 e. The summed E-state index contributed by atoms with van der Waals surface area (Å²) in [6.07, 6.45) is 0. The van der Waals surface area contributed by atoms with Gasteiger partial charge in [0.15, 0.2) is 0 Å². The number of hydrogen-bond donors (Lipinski definition) is 1. The molecule has 0 spiro atoms. The summed E-state index contributed by atoms with van der Waals surface area (Å²) < 4.78 is 2.04. The van der Waals surface area contributed by atoms with E-state index < -0.39 is 0 Å². The highest BCUT2D eigenvalue weighted by molar-refractivity contribution is 6.31. The van der Waals surface area contributed by atoms with Gasteiger partial charge in [-0.15, -0.1) is 0 Å². The molecule has 0 unspecified atom stereocenters. The van der Waals surface area contributed by atoms with E-state index in [0.29, 0.717) is 10.7 Å². The average Bonchev–Trinajstić information content (AvgIpc) is 2.95. The van der Waals surface area contributed by atoms with E-state index in [1.807, 2.05) is 60.9 Å². The van der Waals surface area contributed by atoms with Crippen molar-refractivity contribution >= 4 is 39.8 Å². The lowest BCUT2D eigenvalue weighted by molar-refractivity contribution is 0.101. The Bertz CT molecular complexity index is 956. The molecule has 142 valence electrons. The highest BCUT2D eigenvalue weighted by Gasteiger charge is 2.20. The number of benzene rings is 2. The summed E-state index contributed by atoms with van der Waals surface area (Å²) in [6, 6.07) is 13.8. The molecule has 27 heavy (non-hydrogen) atoms. The topological polar surface area (TPSA) is 37.3 Å². The van der Waals surface area contributed by atoms with Crippen LogP contribution in [0.15, 0.2) is 42.5 Å². The Balaban J connectivity index is 1.91. The maximum absolute atomic E-state index is 13.0. The van der Waals surface area contributed by atoms with Crippen molar-refractivity contribution in [1.82, 2.24) is 4.57 Å². The van der Waals surface area contributed by atoms with Crippen LogP contribution < -0.4 is 10.2 Å². The second-order valence-corrected chi connectivity index (χ2v) is 6.99. The number of carbonyl (C=O) groups is 1. The maximum Gasteiger partial charge on any atom is 0.272 e. The summed E-state index contributed by atoms with van der Waals surface area (Å²) in [6.45, 7) is 10.9. The molecule has 0 radical (unpaired) electrons. The van der Waals surface area contributed by atoms with Crippen molar-refractivity contribution in [3.8, 4) is 0 Å². The van der Waals surface area contributed by atoms with Crippen LogP contribution in [0.3, 0.4) is 0 Å². The first-order valence-electron chi connectivity index (χ1n) is 9.44. The molecule has 1 N–H and O–H groups in total. The number of carbonyl (C=O) groups excluding carboxylic acids is 1. The Morgan fingerprint density at radius 2 is 1.74 bits per heavy atom. The van der Waals surface area contributed by atoms with Crippen molar-refractivity contribution in [3.63, 3.8) is 0 Å². The van der Waals surface area contributed by atoms with E-state index in [0.717, 1.165) is 47.5 Å². The first-order chi connectivity index (χ1) is 13.0. The summed E-state index contributed by atoms with van der Waals surface area (Å²) >= 11 is 6.16. The van der Waals surface area contributed by atoms with E-state index in [-0.39, 0.29) is 5.91 Å². The first kappa shape index (κ1) is 19.3. The zero-order valence-corrected chi connectivity index (χ0v) is 17.1. The van der Waals surface area contributed by atoms with Crippen LogP contribution in [0.25, 0.3) is 10.9 Å². The molecule has 0 aliphatic carbocycles. The number of anilines is 2. The minimum absolute atomic E-state index is 0.0998. The highest BCUT2D eigenvalue weighted by Crippen LogP contribution is 2.29. The van der Waals surface area contributed by atoms with Crippen LogP contribution in [0.1, 0.15) is 36.8 Å². The number of nitrogens with zero attached hydrogens (tertiary/aromatic N) is 2. The molecule has 4 nitrogen and oxygen atoms in total. The number of fused-ring (bicyclic) bond motifs is 1. The number of nitrogens with one attached hydrogen (secondary N) is 1. The van der Waals surface area contributed by atoms with E-state index in [1.54, 1.807) is 0 Å². The number of halogens is 1. The van der Waals surface area contributed by atoms with Crippen molar-refractivity contribution in [2.24, 2.45) is 0 Å². The fraction of sp³-hybridized carbons (Fsp3) is 0.318. The molecular weight excluding hydrogens is 358 g/mol. The third-order valence-corrected chi connectivity index (χ3v) is 5.30. The monoisotopic (exact) mass is 383 g/mol. The van der Waals surface area contributed by atoms with Crippen LogP contribution in [0.4, 0.5) is 11.4 Å². The van der Waals surface area contributed by atoms with Gasteiger partial charge in [-0.2, -0.15) is 0 Å². The fourth-order valence-electron chi connectivity index (χ4n) is 3.65. The maximum atomic E-state index is 13.0. The van der Waals surface area contributed by atoms with Gasteiger partial charge in [-0.1, -0.05) is 11.6 Å². The van der Waals surface area contributed by atoms with Crippen molar-refractivity contribution in [3.05, 3.63) is 58.7 Å². The second-order valence-electron chi connectivity index (χ2n) is 6.55. The zero-order valence-electron chi connectivity index (χ0n) is 16.3. The van der Waals surface area contributed by atoms with Gasteiger partial charge < -0.3 is 14.8 Å². The molecule has 3 aromatic rings. The van der Waals surface area contributed by atoms with Crippen molar-refractivity contribution in [2.75, 3.05) is 23.3 Å². The summed E-state index contributed by atoms with van der Waals surface area (Å²) in [4.78, 5) is 15.3. The minimum atomic E-state index is -0.0998. The van der Waals surface area contributed by atoms with Crippen LogP contribution in [0.5, 0.6) is 0 Å². The van der Waals surface area contributed by atoms with Gasteiger partial charge in [-0.05, 0) is 75.7 Å². The minimum Gasteiger partial charge on any atom is -0.372 e. The Labute approximate surface area is 165 Å². The number of hydrogen-bond acceptors (Lipinski definition) is 2. The van der Waals surface area contributed by atoms with E-state index in [4.69, 9.17) is 11.6 Å². The lowest BCUT2D eigenvalue weighted by Gasteiger charge is -2.21. The van der Waals surface area contributed by atoms with Crippen molar-refractivity contribution < 1.29 is 4.79 Å². The molecule has 0 fully saturated rings. The number of aryl methyl sites for hydroxylation is 2. The van der Waals surface area contributed by atoms with Gasteiger partial charge in [0, 0.05) is 46.9 Å². The van der Waals surface area contributed by atoms with Crippen LogP contribution in [0, 0.1) is 6.92 Å². The molecule has 5 heteroatoms. The van der Waals surface area contributed by atoms with E-state index >= 15 is 0 Å². The van der Waals surface area contributed by atoms with Gasteiger partial charge in [0.05, 0.1) is 0 Å². The normalized spacial score (nSPS) is 11.0. The average molecular weight is 384 g/mol.